The van der Waals surface area contributed by atoms with E-state index in [9.17, 15) is 0 Å². The third-order valence-corrected chi connectivity index (χ3v) is 4.01. The molecule has 3 nitrogen and oxygen atoms in total. The van der Waals surface area contributed by atoms with Gasteiger partial charge in [0.15, 0.2) is 0 Å². The third-order valence-electron chi connectivity index (χ3n) is 3.19. The van der Waals surface area contributed by atoms with Crippen molar-refractivity contribution in [2.75, 3.05) is 18.4 Å². The maximum atomic E-state index is 6.13. The van der Waals surface area contributed by atoms with Gasteiger partial charge in [0.2, 0.25) is 0 Å². The molecule has 23 heavy (non-hydrogen) atoms. The first-order chi connectivity index (χ1) is 11.1. The van der Waals surface area contributed by atoms with Crippen molar-refractivity contribution in [3.8, 4) is 5.75 Å². The van der Waals surface area contributed by atoms with Gasteiger partial charge in [0.25, 0.3) is 0 Å². The summed E-state index contributed by atoms with van der Waals surface area (Å²) in [6, 6.07) is 13.7. The van der Waals surface area contributed by atoms with Crippen LogP contribution in [0, 0.1) is 0 Å². The highest BCUT2D eigenvalue weighted by Crippen LogP contribution is 2.29. The Hall–Kier alpha value is -1.42. The zero-order chi connectivity index (χ0) is 16.7. The molecule has 0 saturated heterocycles. The Morgan fingerprint density at radius 3 is 2.43 bits per heavy atom. The minimum absolute atomic E-state index is 0.198. The predicted molar refractivity (Wildman–Crippen MR) is 98.9 cm³/mol. The summed E-state index contributed by atoms with van der Waals surface area (Å²) < 4.78 is 5.63. The van der Waals surface area contributed by atoms with Gasteiger partial charge in [-0.05, 0) is 43.7 Å². The second-order valence-electron chi connectivity index (χ2n) is 5.52. The average molecular weight is 353 g/mol. The molecule has 2 aromatic carbocycles. The third kappa shape index (κ3) is 5.94. The number of hydrogen-bond acceptors (Lipinski definition) is 3. The summed E-state index contributed by atoms with van der Waals surface area (Å²) in [6.07, 6.45) is 0.198. The Kier molecular flexibility index (Phi) is 7.03. The maximum Gasteiger partial charge on any atom is 0.119 e. The Morgan fingerprint density at radius 2 is 1.74 bits per heavy atom. The van der Waals surface area contributed by atoms with Crippen LogP contribution in [0.25, 0.3) is 0 Å². The van der Waals surface area contributed by atoms with Crippen LogP contribution in [-0.4, -0.2) is 19.2 Å². The van der Waals surface area contributed by atoms with E-state index < -0.39 is 0 Å². The quantitative estimate of drug-likeness (QED) is 0.657. The molecule has 0 radical (unpaired) electrons. The first kappa shape index (κ1) is 17.9. The van der Waals surface area contributed by atoms with E-state index in [4.69, 9.17) is 27.9 Å². The van der Waals surface area contributed by atoms with Crippen LogP contribution in [0.3, 0.4) is 0 Å². The van der Waals surface area contributed by atoms with Crippen molar-refractivity contribution in [3.05, 3.63) is 58.1 Å². The number of hydrogen-bond donors (Lipinski definition) is 2. The molecule has 0 heterocycles. The maximum absolute atomic E-state index is 6.13. The molecule has 124 valence electrons. The van der Waals surface area contributed by atoms with Crippen molar-refractivity contribution in [1.29, 1.82) is 0 Å². The van der Waals surface area contributed by atoms with E-state index in [0.29, 0.717) is 10.0 Å². The van der Waals surface area contributed by atoms with Crippen molar-refractivity contribution in [2.45, 2.75) is 26.5 Å². The molecular weight excluding hydrogens is 331 g/mol. The van der Waals surface area contributed by atoms with E-state index in [1.54, 1.807) is 6.07 Å². The predicted octanol–water partition coefficient (Wildman–Crippen LogP) is 4.98. The monoisotopic (exact) mass is 352 g/mol. The molecule has 2 N–H and O–H groups in total. The van der Waals surface area contributed by atoms with Gasteiger partial charge in [-0.2, -0.15) is 0 Å². The SMILES string of the molecule is CC(C)Oc1ccc(CNCCNc2cccc(Cl)c2Cl)cc1. The molecule has 0 amide bonds. The van der Waals surface area contributed by atoms with Gasteiger partial charge >= 0.3 is 0 Å². The number of ether oxygens (including phenoxy) is 1. The zero-order valence-electron chi connectivity index (χ0n) is 13.4. The van der Waals surface area contributed by atoms with Crippen LogP contribution in [0.2, 0.25) is 10.0 Å². The fourth-order valence-corrected chi connectivity index (χ4v) is 2.48. The van der Waals surface area contributed by atoms with Crippen molar-refractivity contribution in [1.82, 2.24) is 5.32 Å². The van der Waals surface area contributed by atoms with Gasteiger partial charge in [0.05, 0.1) is 21.8 Å². The Bertz CT molecular complexity index is 615. The molecule has 0 saturated carbocycles. The first-order valence-electron chi connectivity index (χ1n) is 7.70. The molecule has 0 fully saturated rings. The Balaban J connectivity index is 1.70. The molecule has 0 atom stereocenters. The van der Waals surface area contributed by atoms with Crippen molar-refractivity contribution < 1.29 is 4.74 Å². The minimum Gasteiger partial charge on any atom is -0.491 e. The largest absolute Gasteiger partial charge is 0.491 e. The summed E-state index contributed by atoms with van der Waals surface area (Å²) in [4.78, 5) is 0. The normalized spacial score (nSPS) is 10.8. The summed E-state index contributed by atoms with van der Waals surface area (Å²) >= 11 is 12.1. The van der Waals surface area contributed by atoms with Gasteiger partial charge in [-0.3, -0.25) is 0 Å². The van der Waals surface area contributed by atoms with Crippen LogP contribution in [0.1, 0.15) is 19.4 Å². The van der Waals surface area contributed by atoms with Crippen LogP contribution < -0.4 is 15.4 Å². The van der Waals surface area contributed by atoms with Crippen LogP contribution in [0.4, 0.5) is 5.69 Å². The zero-order valence-corrected chi connectivity index (χ0v) is 14.9. The molecule has 0 aromatic heterocycles. The smallest absolute Gasteiger partial charge is 0.119 e. The molecule has 5 heteroatoms. The average Bonchev–Trinajstić information content (AvgIpc) is 2.52. The second kappa shape index (κ2) is 9.02. The van der Waals surface area contributed by atoms with E-state index in [-0.39, 0.29) is 6.10 Å². The standard InChI is InChI=1S/C18H22Cl2N2O/c1-13(2)23-15-8-6-14(7-9-15)12-21-10-11-22-17-5-3-4-16(19)18(17)20/h3-9,13,21-22H,10-12H2,1-2H3. The molecule has 2 rings (SSSR count). The Labute approximate surface area is 147 Å². The van der Waals surface area contributed by atoms with Gasteiger partial charge in [-0.15, -0.1) is 0 Å². The van der Waals surface area contributed by atoms with Crippen molar-refractivity contribution in [3.63, 3.8) is 0 Å². The van der Waals surface area contributed by atoms with Crippen LogP contribution in [-0.2, 0) is 6.54 Å². The lowest BCUT2D eigenvalue weighted by molar-refractivity contribution is 0.242. The Morgan fingerprint density at radius 1 is 1.00 bits per heavy atom. The van der Waals surface area contributed by atoms with E-state index in [1.807, 2.05) is 38.1 Å². The van der Waals surface area contributed by atoms with Crippen LogP contribution in [0.15, 0.2) is 42.5 Å². The van der Waals surface area contributed by atoms with Gasteiger partial charge < -0.3 is 15.4 Å². The molecule has 0 aliphatic rings. The van der Waals surface area contributed by atoms with E-state index in [1.165, 1.54) is 5.56 Å². The number of halogens is 2. The van der Waals surface area contributed by atoms with E-state index in [2.05, 4.69) is 22.8 Å². The number of nitrogens with one attached hydrogen (secondary N) is 2. The molecule has 0 aliphatic heterocycles. The fourth-order valence-electron chi connectivity index (χ4n) is 2.12. The topological polar surface area (TPSA) is 33.3 Å². The van der Waals surface area contributed by atoms with Gasteiger partial charge in [-0.25, -0.2) is 0 Å². The van der Waals surface area contributed by atoms with E-state index >= 15 is 0 Å². The molecule has 0 spiro atoms. The molecular formula is C18H22Cl2N2O. The highest BCUT2D eigenvalue weighted by atomic mass is 35.5. The fraction of sp³-hybridized carbons (Fsp3) is 0.333. The summed E-state index contributed by atoms with van der Waals surface area (Å²) in [5.41, 5.74) is 2.08. The van der Waals surface area contributed by atoms with Gasteiger partial charge in [-0.1, -0.05) is 41.4 Å². The van der Waals surface area contributed by atoms with Gasteiger partial charge in [0, 0.05) is 19.6 Å². The van der Waals surface area contributed by atoms with Gasteiger partial charge in [0.1, 0.15) is 5.75 Å². The van der Waals surface area contributed by atoms with Crippen LogP contribution in [0.5, 0.6) is 5.75 Å². The van der Waals surface area contributed by atoms with Crippen molar-refractivity contribution in [2.24, 2.45) is 0 Å². The summed E-state index contributed by atoms with van der Waals surface area (Å²) in [7, 11) is 0. The molecule has 0 aliphatic carbocycles. The highest BCUT2D eigenvalue weighted by Gasteiger charge is 2.03. The number of anilines is 1. The number of rotatable bonds is 8. The second-order valence-corrected chi connectivity index (χ2v) is 6.30. The lowest BCUT2D eigenvalue weighted by Gasteiger charge is -2.11. The molecule has 2 aromatic rings. The van der Waals surface area contributed by atoms with E-state index in [0.717, 1.165) is 31.1 Å². The molecule has 0 unspecified atom stereocenters. The lowest BCUT2D eigenvalue weighted by Crippen LogP contribution is -2.21. The molecule has 0 bridgehead atoms. The highest BCUT2D eigenvalue weighted by molar-refractivity contribution is 6.43. The summed E-state index contributed by atoms with van der Waals surface area (Å²) in [5.74, 6) is 0.904. The van der Waals surface area contributed by atoms with Crippen LogP contribution >= 0.6 is 23.2 Å². The minimum atomic E-state index is 0.198. The number of benzene rings is 2. The van der Waals surface area contributed by atoms with Crippen molar-refractivity contribution >= 4 is 28.9 Å². The summed E-state index contributed by atoms with van der Waals surface area (Å²) in [5, 5.41) is 7.79. The summed E-state index contributed by atoms with van der Waals surface area (Å²) in [6.45, 7) is 6.46. The lowest BCUT2D eigenvalue weighted by atomic mass is 10.2. The first-order valence-corrected chi connectivity index (χ1v) is 8.46.